The molecule has 1 atom stereocenters. The van der Waals surface area contributed by atoms with Crippen LogP contribution >= 0.6 is 0 Å². The van der Waals surface area contributed by atoms with E-state index in [1.165, 1.54) is 11.1 Å². The number of benzene rings is 2. The van der Waals surface area contributed by atoms with Gasteiger partial charge < -0.3 is 20.5 Å². The molecular formula is C20H28N2O2. The number of aliphatic hydroxyl groups excluding tert-OH is 1. The number of hydrogen-bond donors (Lipinski definition) is 3. The largest absolute Gasteiger partial charge is 0.491 e. The predicted octanol–water partition coefficient (Wildman–Crippen LogP) is 2.71. The fraction of sp³-hybridized carbons (Fsp3) is 0.400. The van der Waals surface area contributed by atoms with Gasteiger partial charge in [-0.15, -0.1) is 0 Å². The van der Waals surface area contributed by atoms with Gasteiger partial charge in [-0.05, 0) is 23.3 Å². The second-order valence-corrected chi connectivity index (χ2v) is 6.26. The maximum atomic E-state index is 9.84. The fourth-order valence-corrected chi connectivity index (χ4v) is 2.27. The summed E-state index contributed by atoms with van der Waals surface area (Å²) in [7, 11) is 0. The lowest BCUT2D eigenvalue weighted by atomic mass is 10.2. The third-order valence-electron chi connectivity index (χ3n) is 3.63. The summed E-state index contributed by atoms with van der Waals surface area (Å²) in [4.78, 5) is 0. The Morgan fingerprint density at radius 1 is 0.917 bits per heavy atom. The lowest BCUT2D eigenvalue weighted by Gasteiger charge is -2.15. The molecule has 0 bridgehead atoms. The molecule has 0 heterocycles. The summed E-state index contributed by atoms with van der Waals surface area (Å²) in [6.45, 7) is 6.62. The molecule has 3 N–H and O–H groups in total. The second kappa shape index (κ2) is 10.1. The Labute approximate surface area is 144 Å². The Kier molecular flexibility index (Phi) is 7.75. The van der Waals surface area contributed by atoms with Gasteiger partial charge in [-0.2, -0.15) is 0 Å². The minimum Gasteiger partial charge on any atom is -0.491 e. The number of ether oxygens (including phenoxy) is 1. The zero-order valence-electron chi connectivity index (χ0n) is 14.5. The summed E-state index contributed by atoms with van der Waals surface area (Å²) in [5, 5.41) is 16.5. The van der Waals surface area contributed by atoms with Crippen LogP contribution in [-0.2, 0) is 13.1 Å². The van der Waals surface area contributed by atoms with Crippen LogP contribution in [0.3, 0.4) is 0 Å². The number of nitrogens with one attached hydrogen (secondary N) is 2. The summed E-state index contributed by atoms with van der Waals surface area (Å²) in [6.07, 6.45) is -0.500. The molecule has 0 saturated carbocycles. The highest BCUT2D eigenvalue weighted by atomic mass is 16.5. The minimum atomic E-state index is -0.500. The summed E-state index contributed by atoms with van der Waals surface area (Å²) in [5.41, 5.74) is 2.49. The average molecular weight is 328 g/mol. The second-order valence-electron chi connectivity index (χ2n) is 6.26. The maximum Gasteiger partial charge on any atom is 0.119 e. The van der Waals surface area contributed by atoms with Crippen LogP contribution in [0.4, 0.5) is 0 Å². The lowest BCUT2D eigenvalue weighted by Crippen LogP contribution is -2.35. The zero-order valence-corrected chi connectivity index (χ0v) is 14.5. The molecule has 0 aliphatic heterocycles. The predicted molar refractivity (Wildman–Crippen MR) is 98.1 cm³/mol. The molecule has 0 fully saturated rings. The Hall–Kier alpha value is -1.88. The topological polar surface area (TPSA) is 53.5 Å². The molecule has 0 saturated heterocycles. The molecule has 4 nitrogen and oxygen atoms in total. The first kappa shape index (κ1) is 18.5. The molecule has 1 unspecified atom stereocenters. The van der Waals surface area contributed by atoms with E-state index in [1.807, 2.05) is 42.5 Å². The van der Waals surface area contributed by atoms with E-state index in [4.69, 9.17) is 4.74 Å². The standard InChI is InChI=1S/C20H28N2O2/c1-16(2)22-14-19(23)15-24-20-10-8-18(9-11-20)13-21-12-17-6-4-3-5-7-17/h3-11,16,19,21-23H,12-15H2,1-2H3. The van der Waals surface area contributed by atoms with Gasteiger partial charge in [0.15, 0.2) is 0 Å². The van der Waals surface area contributed by atoms with E-state index >= 15 is 0 Å². The van der Waals surface area contributed by atoms with Crippen LogP contribution in [-0.4, -0.2) is 30.4 Å². The molecule has 24 heavy (non-hydrogen) atoms. The average Bonchev–Trinajstić information content (AvgIpc) is 2.60. The molecular weight excluding hydrogens is 300 g/mol. The monoisotopic (exact) mass is 328 g/mol. The van der Waals surface area contributed by atoms with Gasteiger partial charge in [0.2, 0.25) is 0 Å². The Balaban J connectivity index is 1.68. The van der Waals surface area contributed by atoms with Crippen LogP contribution in [0.1, 0.15) is 25.0 Å². The summed E-state index contributed by atoms with van der Waals surface area (Å²) in [5.74, 6) is 0.783. The van der Waals surface area contributed by atoms with E-state index in [9.17, 15) is 5.11 Å². The van der Waals surface area contributed by atoms with Crippen molar-refractivity contribution in [2.45, 2.75) is 39.1 Å². The Morgan fingerprint density at radius 2 is 1.54 bits per heavy atom. The van der Waals surface area contributed by atoms with E-state index in [0.717, 1.165) is 18.8 Å². The zero-order chi connectivity index (χ0) is 17.2. The van der Waals surface area contributed by atoms with Crippen LogP contribution in [0.5, 0.6) is 5.75 Å². The van der Waals surface area contributed by atoms with Crippen molar-refractivity contribution >= 4 is 0 Å². The third kappa shape index (κ3) is 7.13. The molecule has 0 aliphatic carbocycles. The number of hydrogen-bond acceptors (Lipinski definition) is 4. The van der Waals surface area contributed by atoms with Gasteiger partial charge in [-0.25, -0.2) is 0 Å². The van der Waals surface area contributed by atoms with Crippen LogP contribution in [0.15, 0.2) is 54.6 Å². The van der Waals surface area contributed by atoms with E-state index in [2.05, 4.69) is 36.6 Å². The van der Waals surface area contributed by atoms with E-state index in [1.54, 1.807) is 0 Å². The quantitative estimate of drug-likeness (QED) is 0.628. The van der Waals surface area contributed by atoms with Gasteiger partial charge >= 0.3 is 0 Å². The van der Waals surface area contributed by atoms with Gasteiger partial charge in [0, 0.05) is 25.7 Å². The van der Waals surface area contributed by atoms with Crippen molar-refractivity contribution in [1.29, 1.82) is 0 Å². The molecule has 130 valence electrons. The molecule has 0 spiro atoms. The molecule has 2 aromatic rings. The van der Waals surface area contributed by atoms with Crippen molar-refractivity contribution in [1.82, 2.24) is 10.6 Å². The van der Waals surface area contributed by atoms with Crippen molar-refractivity contribution in [3.05, 3.63) is 65.7 Å². The van der Waals surface area contributed by atoms with Crippen molar-refractivity contribution in [2.75, 3.05) is 13.2 Å². The Bertz CT molecular complexity index is 570. The summed E-state index contributed by atoms with van der Waals surface area (Å²) in [6, 6.07) is 18.7. The highest BCUT2D eigenvalue weighted by Gasteiger charge is 2.06. The first-order chi connectivity index (χ1) is 11.6. The molecule has 0 amide bonds. The normalized spacial score (nSPS) is 12.3. The van der Waals surface area contributed by atoms with Crippen molar-refractivity contribution in [3.8, 4) is 5.75 Å². The van der Waals surface area contributed by atoms with E-state index in [-0.39, 0.29) is 0 Å². The number of aliphatic hydroxyl groups is 1. The lowest BCUT2D eigenvalue weighted by molar-refractivity contribution is 0.104. The first-order valence-electron chi connectivity index (χ1n) is 8.51. The highest BCUT2D eigenvalue weighted by Crippen LogP contribution is 2.12. The van der Waals surface area contributed by atoms with Crippen molar-refractivity contribution in [2.24, 2.45) is 0 Å². The van der Waals surface area contributed by atoms with Crippen LogP contribution in [0, 0.1) is 0 Å². The van der Waals surface area contributed by atoms with E-state index in [0.29, 0.717) is 19.2 Å². The maximum absolute atomic E-state index is 9.84. The summed E-state index contributed by atoms with van der Waals surface area (Å²) >= 11 is 0. The van der Waals surface area contributed by atoms with Crippen LogP contribution in [0.2, 0.25) is 0 Å². The van der Waals surface area contributed by atoms with Gasteiger partial charge in [0.25, 0.3) is 0 Å². The van der Waals surface area contributed by atoms with Crippen LogP contribution < -0.4 is 15.4 Å². The van der Waals surface area contributed by atoms with Gasteiger partial charge in [-0.1, -0.05) is 56.3 Å². The number of rotatable bonds is 10. The van der Waals surface area contributed by atoms with Crippen molar-refractivity contribution < 1.29 is 9.84 Å². The fourth-order valence-electron chi connectivity index (χ4n) is 2.27. The van der Waals surface area contributed by atoms with Gasteiger partial charge in [0.1, 0.15) is 18.5 Å². The molecule has 0 aromatic heterocycles. The third-order valence-corrected chi connectivity index (χ3v) is 3.63. The molecule has 2 aromatic carbocycles. The molecule has 2 rings (SSSR count). The SMILES string of the molecule is CC(C)NCC(O)COc1ccc(CNCc2ccccc2)cc1. The molecule has 0 radical (unpaired) electrons. The smallest absolute Gasteiger partial charge is 0.119 e. The Morgan fingerprint density at radius 3 is 2.17 bits per heavy atom. The highest BCUT2D eigenvalue weighted by molar-refractivity contribution is 5.27. The van der Waals surface area contributed by atoms with Crippen LogP contribution in [0.25, 0.3) is 0 Å². The first-order valence-corrected chi connectivity index (χ1v) is 8.51. The minimum absolute atomic E-state index is 0.297. The molecule has 4 heteroatoms. The molecule has 0 aliphatic rings. The van der Waals surface area contributed by atoms with Gasteiger partial charge in [-0.3, -0.25) is 0 Å². The van der Waals surface area contributed by atoms with E-state index < -0.39 is 6.10 Å². The summed E-state index contributed by atoms with van der Waals surface area (Å²) < 4.78 is 5.62. The van der Waals surface area contributed by atoms with Gasteiger partial charge in [0.05, 0.1) is 0 Å². The van der Waals surface area contributed by atoms with Crippen molar-refractivity contribution in [3.63, 3.8) is 0 Å².